The van der Waals surface area contributed by atoms with Crippen molar-refractivity contribution in [3.8, 4) is 22.3 Å². The molecule has 3 heterocycles. The molecular formula is C47H33N3. The van der Waals surface area contributed by atoms with Crippen LogP contribution in [0, 0.1) is 0 Å². The molecule has 8 aromatic carbocycles. The van der Waals surface area contributed by atoms with Crippen LogP contribution in [0.5, 0.6) is 0 Å². The van der Waals surface area contributed by atoms with Crippen LogP contribution in [0.3, 0.4) is 0 Å². The smallest absolute Gasteiger partial charge is 0.130 e. The molecule has 3 aliphatic heterocycles. The van der Waals surface area contributed by atoms with Crippen LogP contribution in [-0.2, 0) is 0 Å². The second-order valence-electron chi connectivity index (χ2n) is 13.8. The summed E-state index contributed by atoms with van der Waals surface area (Å²) in [5.41, 5.74) is 12.6. The zero-order valence-corrected chi connectivity index (χ0v) is 27.3. The fourth-order valence-electron chi connectivity index (χ4n) is 8.89. The lowest BCUT2D eigenvalue weighted by Gasteiger charge is -2.29. The number of fused-ring (bicyclic) bond motifs is 11. The van der Waals surface area contributed by atoms with E-state index in [-0.39, 0.29) is 12.2 Å². The van der Waals surface area contributed by atoms with Crippen LogP contribution >= 0.6 is 0 Å². The molecule has 3 unspecified atom stereocenters. The first-order valence-corrected chi connectivity index (χ1v) is 17.5. The molecule has 3 aliphatic rings. The Balaban J connectivity index is 0.967. The molecule has 3 heteroatoms. The number of hydrogen-bond acceptors (Lipinski definition) is 3. The summed E-state index contributed by atoms with van der Waals surface area (Å²) in [5.74, 6) is 0.298. The second-order valence-corrected chi connectivity index (χ2v) is 13.8. The zero-order chi connectivity index (χ0) is 32.8. The van der Waals surface area contributed by atoms with Crippen LogP contribution in [0.1, 0.15) is 34.8 Å². The van der Waals surface area contributed by atoms with E-state index in [1.165, 1.54) is 88.3 Å². The third-order valence-corrected chi connectivity index (χ3v) is 11.2. The van der Waals surface area contributed by atoms with Gasteiger partial charge >= 0.3 is 0 Å². The fourth-order valence-corrected chi connectivity index (χ4v) is 8.89. The van der Waals surface area contributed by atoms with Gasteiger partial charge in [0.1, 0.15) is 6.17 Å². The monoisotopic (exact) mass is 639 g/mol. The zero-order valence-electron chi connectivity index (χ0n) is 27.3. The Morgan fingerprint density at radius 3 is 1.84 bits per heavy atom. The van der Waals surface area contributed by atoms with Crippen molar-refractivity contribution < 1.29 is 0 Å². The van der Waals surface area contributed by atoms with E-state index >= 15 is 0 Å². The quantitative estimate of drug-likeness (QED) is 0.188. The van der Waals surface area contributed by atoms with Crippen molar-refractivity contribution in [1.29, 1.82) is 0 Å². The number of nitrogens with zero attached hydrogens (tertiary/aromatic N) is 1. The van der Waals surface area contributed by atoms with Crippen molar-refractivity contribution in [1.82, 2.24) is 5.32 Å². The van der Waals surface area contributed by atoms with Crippen molar-refractivity contribution >= 4 is 49.4 Å². The van der Waals surface area contributed by atoms with E-state index in [4.69, 9.17) is 0 Å². The summed E-state index contributed by atoms with van der Waals surface area (Å²) < 4.78 is 0. The van der Waals surface area contributed by atoms with Crippen molar-refractivity contribution in [2.75, 3.05) is 10.2 Å². The predicted molar refractivity (Wildman–Crippen MR) is 209 cm³/mol. The second kappa shape index (κ2) is 10.6. The molecule has 0 spiro atoms. The van der Waals surface area contributed by atoms with E-state index in [0.717, 1.165) is 0 Å². The predicted octanol–water partition coefficient (Wildman–Crippen LogP) is 12.0. The highest BCUT2D eigenvalue weighted by atomic mass is 15.3. The van der Waals surface area contributed by atoms with E-state index in [0.29, 0.717) is 5.92 Å². The maximum absolute atomic E-state index is 3.89. The Bertz CT molecular complexity index is 2650. The molecule has 8 aromatic rings. The molecule has 0 aromatic heterocycles. The molecule has 11 rings (SSSR count). The van der Waals surface area contributed by atoms with E-state index in [1.54, 1.807) is 0 Å². The van der Waals surface area contributed by atoms with Crippen LogP contribution in [0.2, 0.25) is 0 Å². The lowest BCUT2D eigenvalue weighted by Crippen LogP contribution is -2.24. The molecule has 0 fully saturated rings. The Labute approximate surface area is 291 Å². The van der Waals surface area contributed by atoms with Gasteiger partial charge in [0.25, 0.3) is 0 Å². The van der Waals surface area contributed by atoms with Crippen LogP contribution in [0.15, 0.2) is 170 Å². The Kier molecular flexibility index (Phi) is 5.85. The van der Waals surface area contributed by atoms with Crippen LogP contribution in [0.25, 0.3) is 54.6 Å². The van der Waals surface area contributed by atoms with E-state index in [9.17, 15) is 0 Å². The number of para-hydroxylation sites is 2. The van der Waals surface area contributed by atoms with Gasteiger partial charge in [0.15, 0.2) is 0 Å². The topological polar surface area (TPSA) is 27.3 Å². The molecular weight excluding hydrogens is 607 g/mol. The maximum atomic E-state index is 3.89. The molecule has 50 heavy (non-hydrogen) atoms. The van der Waals surface area contributed by atoms with Gasteiger partial charge in [-0.25, -0.2) is 0 Å². The van der Waals surface area contributed by atoms with Crippen molar-refractivity contribution in [2.45, 2.75) is 18.1 Å². The normalized spacial score (nSPS) is 18.4. The number of rotatable bonds is 3. The molecule has 236 valence electrons. The molecule has 3 atom stereocenters. The summed E-state index contributed by atoms with van der Waals surface area (Å²) in [6, 6.07) is 58.5. The van der Waals surface area contributed by atoms with Gasteiger partial charge in [0.05, 0.1) is 17.4 Å². The minimum absolute atomic E-state index is 0.000931. The largest absolute Gasteiger partial charge is 0.383 e. The van der Waals surface area contributed by atoms with Crippen molar-refractivity contribution in [3.05, 3.63) is 187 Å². The minimum Gasteiger partial charge on any atom is -0.383 e. The van der Waals surface area contributed by atoms with Crippen LogP contribution in [0.4, 0.5) is 17.1 Å². The fraction of sp³-hybridized carbons (Fsp3) is 0.0638. The first-order valence-electron chi connectivity index (χ1n) is 17.5. The molecule has 0 aliphatic carbocycles. The minimum atomic E-state index is -0.000931. The summed E-state index contributed by atoms with van der Waals surface area (Å²) in [5, 5.41) is 15.4. The first-order chi connectivity index (χ1) is 24.8. The molecule has 0 amide bonds. The number of anilines is 3. The van der Waals surface area contributed by atoms with Gasteiger partial charge in [0.2, 0.25) is 0 Å². The Morgan fingerprint density at radius 1 is 0.460 bits per heavy atom. The lowest BCUT2D eigenvalue weighted by atomic mass is 9.89. The summed E-state index contributed by atoms with van der Waals surface area (Å²) in [7, 11) is 0. The highest BCUT2D eigenvalue weighted by molar-refractivity contribution is 6.25. The van der Waals surface area contributed by atoms with Crippen molar-refractivity contribution in [2.24, 2.45) is 0 Å². The highest BCUT2D eigenvalue weighted by Crippen LogP contribution is 2.56. The van der Waals surface area contributed by atoms with E-state index in [1.807, 2.05) is 0 Å². The molecule has 3 nitrogen and oxygen atoms in total. The van der Waals surface area contributed by atoms with Gasteiger partial charge in [-0.05, 0) is 102 Å². The van der Waals surface area contributed by atoms with Crippen LogP contribution in [-0.4, -0.2) is 0 Å². The Hall–Kier alpha value is -6.32. The highest BCUT2D eigenvalue weighted by Gasteiger charge is 2.42. The SMILES string of the molecule is C1=CC2c3cccc4c3N(c3ccccc3C2N1)C(c1ccc(-c2cccc(-c3ccc5c6ccccc6c6ccccc6c5c3)c2)cc1)N4. The molecule has 0 radical (unpaired) electrons. The third kappa shape index (κ3) is 3.98. The van der Waals surface area contributed by atoms with E-state index in [2.05, 4.69) is 186 Å². The summed E-state index contributed by atoms with van der Waals surface area (Å²) in [4.78, 5) is 2.52. The van der Waals surface area contributed by atoms with Crippen molar-refractivity contribution in [3.63, 3.8) is 0 Å². The molecule has 0 saturated carbocycles. The third-order valence-electron chi connectivity index (χ3n) is 11.2. The standard InChI is InChI=1S/C47H33N3/c1-2-13-36-34(11-1)35-12-3-4-14-37(35)42-28-33(23-24-38(36)42)32-10-7-9-31(27-32)29-19-21-30(22-20-29)47-49-43-17-8-16-40-39-25-26-48-45(39)41-15-5-6-18-44(41)50(47)46(40)43/h1-28,39,45,47-49H. The van der Waals surface area contributed by atoms with Gasteiger partial charge in [-0.3, -0.25) is 0 Å². The van der Waals surface area contributed by atoms with Crippen LogP contribution < -0.4 is 15.5 Å². The van der Waals surface area contributed by atoms with Gasteiger partial charge in [-0.2, -0.15) is 0 Å². The lowest BCUT2D eigenvalue weighted by molar-refractivity contribution is 0.610. The summed E-state index contributed by atoms with van der Waals surface area (Å²) >= 11 is 0. The summed E-state index contributed by atoms with van der Waals surface area (Å²) in [6.07, 6.45) is 4.44. The van der Waals surface area contributed by atoms with Gasteiger partial charge in [-0.15, -0.1) is 0 Å². The van der Waals surface area contributed by atoms with Gasteiger partial charge in [-0.1, -0.05) is 140 Å². The molecule has 0 saturated heterocycles. The number of nitrogens with one attached hydrogen (secondary N) is 2. The summed E-state index contributed by atoms with van der Waals surface area (Å²) in [6.45, 7) is 0. The average Bonchev–Trinajstić information content (AvgIpc) is 3.81. The number of hydrogen-bond donors (Lipinski definition) is 2. The average molecular weight is 640 g/mol. The maximum Gasteiger partial charge on any atom is 0.130 e. The number of benzene rings is 8. The Morgan fingerprint density at radius 2 is 1.06 bits per heavy atom. The van der Waals surface area contributed by atoms with Gasteiger partial charge in [0, 0.05) is 11.6 Å². The molecule has 0 bridgehead atoms. The molecule has 2 N–H and O–H groups in total. The van der Waals surface area contributed by atoms with E-state index < -0.39 is 0 Å². The first kappa shape index (κ1) is 27.6. The van der Waals surface area contributed by atoms with Gasteiger partial charge < -0.3 is 15.5 Å².